The van der Waals surface area contributed by atoms with Crippen LogP contribution in [0, 0.1) is 11.8 Å². The molecule has 3 rings (SSSR count). The summed E-state index contributed by atoms with van der Waals surface area (Å²) in [7, 11) is 0. The highest BCUT2D eigenvalue weighted by atomic mass is 35.5. The van der Waals surface area contributed by atoms with Crippen LogP contribution in [0.15, 0.2) is 30.3 Å². The Morgan fingerprint density at radius 3 is 2.21 bits per heavy atom. The van der Waals surface area contributed by atoms with E-state index >= 15 is 0 Å². The van der Waals surface area contributed by atoms with E-state index in [4.69, 9.17) is 10.5 Å². The summed E-state index contributed by atoms with van der Waals surface area (Å²) in [6.07, 6.45) is 2.80. The minimum Gasteiger partial charge on any atom is -0.373 e. The molecule has 0 spiro atoms. The fourth-order valence-electron chi connectivity index (χ4n) is 4.54. The molecule has 2 fully saturated rings. The average molecular weight is 446 g/mol. The zero-order chi connectivity index (χ0) is 19.4. The summed E-state index contributed by atoms with van der Waals surface area (Å²) >= 11 is 0. The molecule has 2 heterocycles. The lowest BCUT2D eigenvalue weighted by atomic mass is 9.91. The predicted octanol–water partition coefficient (Wildman–Crippen LogP) is 3.51. The molecule has 4 atom stereocenters. The van der Waals surface area contributed by atoms with Gasteiger partial charge in [-0.3, -0.25) is 9.69 Å². The first-order valence-corrected chi connectivity index (χ1v) is 10.4. The van der Waals surface area contributed by atoms with Crippen LogP contribution in [0.5, 0.6) is 0 Å². The van der Waals surface area contributed by atoms with Crippen molar-refractivity contribution < 1.29 is 9.53 Å². The topological polar surface area (TPSA) is 58.8 Å². The van der Waals surface area contributed by atoms with Gasteiger partial charge in [0.2, 0.25) is 5.91 Å². The van der Waals surface area contributed by atoms with E-state index in [1.807, 2.05) is 42.2 Å². The van der Waals surface area contributed by atoms with Gasteiger partial charge in [-0.15, -0.1) is 24.8 Å². The zero-order valence-electron chi connectivity index (χ0n) is 17.8. The number of halogens is 2. The van der Waals surface area contributed by atoms with E-state index < -0.39 is 0 Å². The van der Waals surface area contributed by atoms with Crippen molar-refractivity contribution in [2.75, 3.05) is 32.7 Å². The number of likely N-dealkylation sites (tertiary alicyclic amines) is 1. The third-order valence-electron chi connectivity index (χ3n) is 6.05. The molecule has 0 radical (unpaired) electrons. The van der Waals surface area contributed by atoms with E-state index in [9.17, 15) is 4.79 Å². The maximum absolute atomic E-state index is 12.9. The van der Waals surface area contributed by atoms with E-state index in [0.717, 1.165) is 51.1 Å². The summed E-state index contributed by atoms with van der Waals surface area (Å²) in [5.74, 6) is 0.674. The molecule has 2 aliphatic heterocycles. The number of piperidine rings is 1. The first-order valence-electron chi connectivity index (χ1n) is 10.4. The molecule has 0 saturated carbocycles. The van der Waals surface area contributed by atoms with Crippen LogP contribution in [0.3, 0.4) is 0 Å². The monoisotopic (exact) mass is 445 g/mol. The van der Waals surface area contributed by atoms with Gasteiger partial charge >= 0.3 is 0 Å². The molecule has 29 heavy (non-hydrogen) atoms. The van der Waals surface area contributed by atoms with Crippen molar-refractivity contribution in [3.8, 4) is 0 Å². The van der Waals surface area contributed by atoms with Crippen LogP contribution < -0.4 is 5.73 Å². The first-order chi connectivity index (χ1) is 12.9. The highest BCUT2D eigenvalue weighted by molar-refractivity contribution is 5.85. The minimum atomic E-state index is -0.243. The highest BCUT2D eigenvalue weighted by Crippen LogP contribution is 2.25. The van der Waals surface area contributed by atoms with E-state index in [2.05, 4.69) is 18.7 Å². The van der Waals surface area contributed by atoms with Crippen molar-refractivity contribution in [3.05, 3.63) is 35.9 Å². The van der Waals surface area contributed by atoms with Crippen molar-refractivity contribution in [2.24, 2.45) is 17.6 Å². The summed E-state index contributed by atoms with van der Waals surface area (Å²) in [6, 6.07) is 9.70. The lowest BCUT2D eigenvalue weighted by Crippen LogP contribution is -2.49. The van der Waals surface area contributed by atoms with Crippen LogP contribution in [0.1, 0.15) is 45.2 Å². The Morgan fingerprint density at radius 1 is 1.10 bits per heavy atom. The van der Waals surface area contributed by atoms with Gasteiger partial charge in [0.15, 0.2) is 0 Å². The van der Waals surface area contributed by atoms with E-state index in [-0.39, 0.29) is 42.7 Å². The molecule has 2 aliphatic rings. The molecule has 2 saturated heterocycles. The van der Waals surface area contributed by atoms with E-state index in [1.165, 1.54) is 0 Å². The molecular formula is C22H37Cl2N3O2. The van der Waals surface area contributed by atoms with Gasteiger partial charge in [0.1, 0.15) is 0 Å². The second-order valence-electron chi connectivity index (χ2n) is 8.47. The Balaban J connectivity index is 0.00000210. The Morgan fingerprint density at radius 2 is 1.66 bits per heavy atom. The number of benzene rings is 1. The molecule has 0 aliphatic carbocycles. The molecule has 0 aromatic heterocycles. The van der Waals surface area contributed by atoms with E-state index in [0.29, 0.717) is 18.1 Å². The predicted molar refractivity (Wildman–Crippen MR) is 123 cm³/mol. The molecular weight excluding hydrogens is 409 g/mol. The molecule has 4 unspecified atom stereocenters. The van der Waals surface area contributed by atoms with Gasteiger partial charge in [-0.05, 0) is 38.2 Å². The molecule has 0 bridgehead atoms. The van der Waals surface area contributed by atoms with Gasteiger partial charge in [0.05, 0.1) is 18.1 Å². The van der Waals surface area contributed by atoms with Crippen LogP contribution >= 0.6 is 24.8 Å². The normalized spacial score (nSPS) is 25.4. The number of nitrogens with zero attached hydrogens (tertiary/aromatic N) is 2. The number of hydrogen-bond donors (Lipinski definition) is 1. The van der Waals surface area contributed by atoms with Crippen molar-refractivity contribution >= 4 is 30.7 Å². The van der Waals surface area contributed by atoms with Gasteiger partial charge in [0, 0.05) is 38.8 Å². The second-order valence-corrected chi connectivity index (χ2v) is 8.47. The Labute approximate surface area is 188 Å². The number of carbonyl (C=O) groups excluding carboxylic acids is 1. The minimum absolute atomic E-state index is 0. The van der Waals surface area contributed by atoms with Gasteiger partial charge in [-0.25, -0.2) is 0 Å². The van der Waals surface area contributed by atoms with Gasteiger partial charge in [0.25, 0.3) is 0 Å². The first kappa shape index (κ1) is 26.2. The number of carbonyl (C=O) groups is 1. The van der Waals surface area contributed by atoms with Crippen molar-refractivity contribution in [1.29, 1.82) is 0 Å². The van der Waals surface area contributed by atoms with Gasteiger partial charge in [-0.2, -0.15) is 0 Å². The fraction of sp³-hybridized carbons (Fsp3) is 0.682. The second kappa shape index (κ2) is 12.1. The van der Waals surface area contributed by atoms with Crippen molar-refractivity contribution in [2.45, 2.75) is 51.9 Å². The summed E-state index contributed by atoms with van der Waals surface area (Å²) < 4.78 is 5.83. The maximum Gasteiger partial charge on any atom is 0.227 e. The Bertz CT molecular complexity index is 601. The summed E-state index contributed by atoms with van der Waals surface area (Å²) in [5, 5.41) is 0. The average Bonchev–Trinajstić information content (AvgIpc) is 2.67. The molecule has 1 amide bonds. The lowest BCUT2D eigenvalue weighted by molar-refractivity contribution is -0.137. The summed E-state index contributed by atoms with van der Waals surface area (Å²) in [4.78, 5) is 17.5. The highest BCUT2D eigenvalue weighted by Gasteiger charge is 2.31. The van der Waals surface area contributed by atoms with Crippen LogP contribution in [0.2, 0.25) is 0 Å². The van der Waals surface area contributed by atoms with Crippen molar-refractivity contribution in [1.82, 2.24) is 9.80 Å². The SMILES string of the molecule is CC1CN(CC2CCN(C(=O)C(C)C(N)c3ccccc3)CC2)CC(C)O1.Cl.Cl. The number of morpholine rings is 1. The molecule has 5 nitrogen and oxygen atoms in total. The standard InChI is InChI=1S/C22H35N3O2.2ClH/c1-16-13-24(14-17(2)27-16)15-19-9-11-25(12-10-19)22(26)18(3)21(23)20-7-5-4-6-8-20;;/h4-8,16-19,21H,9-15,23H2,1-3H3;2*1H. The number of nitrogens with two attached hydrogens (primary N) is 1. The Kier molecular flexibility index (Phi) is 10.9. The van der Waals surface area contributed by atoms with E-state index in [1.54, 1.807) is 0 Å². The molecule has 7 heteroatoms. The fourth-order valence-corrected chi connectivity index (χ4v) is 4.54. The number of ether oxygens (including phenoxy) is 1. The smallest absolute Gasteiger partial charge is 0.227 e. The number of rotatable bonds is 5. The van der Waals surface area contributed by atoms with Crippen LogP contribution in [0.25, 0.3) is 0 Å². The largest absolute Gasteiger partial charge is 0.373 e. The summed E-state index contributed by atoms with van der Waals surface area (Å²) in [6.45, 7) is 11.1. The molecule has 166 valence electrons. The maximum atomic E-state index is 12.9. The number of amides is 1. The molecule has 1 aromatic rings. The van der Waals surface area contributed by atoms with Crippen LogP contribution in [0.4, 0.5) is 0 Å². The van der Waals surface area contributed by atoms with Crippen molar-refractivity contribution in [3.63, 3.8) is 0 Å². The van der Waals surface area contributed by atoms with Gasteiger partial charge in [-0.1, -0.05) is 37.3 Å². The number of hydrogen-bond acceptors (Lipinski definition) is 4. The third kappa shape index (κ3) is 7.11. The Hall–Kier alpha value is -0.850. The molecule has 2 N–H and O–H groups in total. The molecule has 1 aromatic carbocycles. The zero-order valence-corrected chi connectivity index (χ0v) is 19.5. The van der Waals surface area contributed by atoms with Crippen LogP contribution in [-0.4, -0.2) is 60.6 Å². The lowest BCUT2D eigenvalue weighted by Gasteiger charge is -2.40. The quantitative estimate of drug-likeness (QED) is 0.752. The van der Waals surface area contributed by atoms with Gasteiger partial charge < -0.3 is 15.4 Å². The van der Waals surface area contributed by atoms with Crippen LogP contribution in [-0.2, 0) is 9.53 Å². The third-order valence-corrected chi connectivity index (χ3v) is 6.05. The summed E-state index contributed by atoms with van der Waals surface area (Å²) in [5.41, 5.74) is 7.39.